The predicted octanol–water partition coefficient (Wildman–Crippen LogP) is -1.05. The van der Waals surface area contributed by atoms with Gasteiger partial charge in [-0.05, 0) is 6.42 Å². The van der Waals surface area contributed by atoms with Crippen LogP contribution in [0, 0.1) is 0 Å². The number of sulfonamides is 1. The zero-order valence-electron chi connectivity index (χ0n) is 9.40. The number of rotatable bonds is 8. The molecule has 0 spiro atoms. The number of hydrogen-bond acceptors (Lipinski definition) is 4. The smallest absolute Gasteiger partial charge is 0.237 e. The largest absolute Gasteiger partial charge is 0.354 e. The predicted molar refractivity (Wildman–Crippen MR) is 63.3 cm³/mol. The van der Waals surface area contributed by atoms with Gasteiger partial charge in [0.15, 0.2) is 0 Å². The van der Waals surface area contributed by atoms with E-state index < -0.39 is 16.1 Å². The fourth-order valence-electron chi connectivity index (χ4n) is 1.02. The van der Waals surface area contributed by atoms with Crippen LogP contribution in [-0.4, -0.2) is 39.2 Å². The Balaban J connectivity index is 3.90. The van der Waals surface area contributed by atoms with E-state index in [4.69, 9.17) is 5.73 Å². The molecule has 0 aromatic heterocycles. The second kappa shape index (κ2) is 7.37. The number of amides is 1. The highest BCUT2D eigenvalue weighted by Crippen LogP contribution is 1.89. The number of carbonyl (C=O) groups excluding carboxylic acids is 1. The molecule has 1 atom stereocenters. The SMILES string of the molecule is C=CCC(N)C(=O)NCCS(=O)(=O)NCC. The third kappa shape index (κ3) is 6.54. The van der Waals surface area contributed by atoms with Crippen LogP contribution < -0.4 is 15.8 Å². The summed E-state index contributed by atoms with van der Waals surface area (Å²) >= 11 is 0. The molecule has 7 heteroatoms. The van der Waals surface area contributed by atoms with Crippen LogP contribution in [0.25, 0.3) is 0 Å². The summed E-state index contributed by atoms with van der Waals surface area (Å²) < 4.78 is 24.7. The van der Waals surface area contributed by atoms with Crippen LogP contribution in [0.1, 0.15) is 13.3 Å². The van der Waals surface area contributed by atoms with Gasteiger partial charge in [0.2, 0.25) is 15.9 Å². The molecule has 0 rings (SSSR count). The Morgan fingerprint density at radius 2 is 2.19 bits per heavy atom. The van der Waals surface area contributed by atoms with E-state index in [1.54, 1.807) is 13.0 Å². The van der Waals surface area contributed by atoms with E-state index >= 15 is 0 Å². The summed E-state index contributed by atoms with van der Waals surface area (Å²) in [6.07, 6.45) is 1.91. The lowest BCUT2D eigenvalue weighted by atomic mass is 10.2. The minimum Gasteiger partial charge on any atom is -0.354 e. The molecule has 0 aliphatic rings. The molecule has 0 aliphatic carbocycles. The van der Waals surface area contributed by atoms with Crippen molar-refractivity contribution in [3.05, 3.63) is 12.7 Å². The van der Waals surface area contributed by atoms with Crippen molar-refractivity contribution >= 4 is 15.9 Å². The van der Waals surface area contributed by atoms with Crippen molar-refractivity contribution in [3.8, 4) is 0 Å². The zero-order chi connectivity index (χ0) is 12.6. The first-order chi connectivity index (χ1) is 7.43. The summed E-state index contributed by atoms with van der Waals surface area (Å²) in [6.45, 7) is 5.55. The molecular weight excluding hydrogens is 230 g/mol. The van der Waals surface area contributed by atoms with Gasteiger partial charge in [-0.1, -0.05) is 13.0 Å². The molecular formula is C9H19N3O3S. The molecule has 0 aromatic carbocycles. The van der Waals surface area contributed by atoms with Gasteiger partial charge in [-0.25, -0.2) is 13.1 Å². The first-order valence-corrected chi connectivity index (χ1v) is 6.69. The van der Waals surface area contributed by atoms with Gasteiger partial charge in [-0.2, -0.15) is 0 Å². The Morgan fingerprint density at radius 3 is 2.69 bits per heavy atom. The second-order valence-corrected chi connectivity index (χ2v) is 5.17. The van der Waals surface area contributed by atoms with E-state index in [-0.39, 0.29) is 18.2 Å². The van der Waals surface area contributed by atoms with Gasteiger partial charge in [0.05, 0.1) is 11.8 Å². The van der Waals surface area contributed by atoms with Crippen molar-refractivity contribution in [3.63, 3.8) is 0 Å². The monoisotopic (exact) mass is 249 g/mol. The van der Waals surface area contributed by atoms with Gasteiger partial charge in [0.25, 0.3) is 0 Å². The molecule has 0 fully saturated rings. The van der Waals surface area contributed by atoms with Crippen LogP contribution in [0.15, 0.2) is 12.7 Å². The first-order valence-electron chi connectivity index (χ1n) is 5.04. The van der Waals surface area contributed by atoms with E-state index in [0.29, 0.717) is 13.0 Å². The number of nitrogens with two attached hydrogens (primary N) is 1. The standard InChI is InChI=1S/C9H19N3O3S/c1-3-5-8(10)9(13)11-6-7-16(14,15)12-4-2/h3,8,12H,1,4-7,10H2,2H3,(H,11,13). The summed E-state index contributed by atoms with van der Waals surface area (Å²) in [6, 6.07) is -0.667. The Hall–Kier alpha value is -0.920. The van der Waals surface area contributed by atoms with Crippen LogP contribution in [-0.2, 0) is 14.8 Å². The van der Waals surface area contributed by atoms with Crippen LogP contribution in [0.4, 0.5) is 0 Å². The minimum atomic E-state index is -3.29. The fourth-order valence-corrected chi connectivity index (χ4v) is 1.97. The van der Waals surface area contributed by atoms with E-state index in [2.05, 4.69) is 16.6 Å². The summed E-state index contributed by atoms with van der Waals surface area (Å²) in [5.74, 6) is -0.514. The Morgan fingerprint density at radius 1 is 1.56 bits per heavy atom. The van der Waals surface area contributed by atoms with Gasteiger partial charge < -0.3 is 11.1 Å². The Bertz CT molecular complexity index is 327. The summed E-state index contributed by atoms with van der Waals surface area (Å²) in [5.41, 5.74) is 5.49. The molecule has 0 saturated heterocycles. The highest BCUT2D eigenvalue weighted by atomic mass is 32.2. The molecule has 0 heterocycles. The third-order valence-electron chi connectivity index (χ3n) is 1.79. The van der Waals surface area contributed by atoms with E-state index in [1.165, 1.54) is 0 Å². The van der Waals surface area contributed by atoms with Crippen molar-refractivity contribution < 1.29 is 13.2 Å². The molecule has 0 bridgehead atoms. The topological polar surface area (TPSA) is 101 Å². The average molecular weight is 249 g/mol. The molecule has 4 N–H and O–H groups in total. The quantitative estimate of drug-likeness (QED) is 0.477. The average Bonchev–Trinajstić information content (AvgIpc) is 2.17. The number of hydrogen-bond donors (Lipinski definition) is 3. The van der Waals surface area contributed by atoms with E-state index in [1.807, 2.05) is 0 Å². The molecule has 1 amide bonds. The first kappa shape index (κ1) is 15.1. The Labute approximate surface area is 96.3 Å². The zero-order valence-corrected chi connectivity index (χ0v) is 10.2. The lowest BCUT2D eigenvalue weighted by Gasteiger charge is -2.10. The fraction of sp³-hybridized carbons (Fsp3) is 0.667. The van der Waals surface area contributed by atoms with Crippen molar-refractivity contribution in [1.29, 1.82) is 0 Å². The maximum absolute atomic E-state index is 11.3. The van der Waals surface area contributed by atoms with Crippen molar-refractivity contribution in [1.82, 2.24) is 10.0 Å². The maximum atomic E-state index is 11.3. The lowest BCUT2D eigenvalue weighted by Crippen LogP contribution is -2.42. The lowest BCUT2D eigenvalue weighted by molar-refractivity contribution is -0.122. The minimum absolute atomic E-state index is 0.0546. The molecule has 0 aliphatic heterocycles. The van der Waals surface area contributed by atoms with Gasteiger partial charge in [-0.3, -0.25) is 4.79 Å². The molecule has 6 nitrogen and oxygen atoms in total. The Kier molecular flexibility index (Phi) is 6.95. The number of carbonyl (C=O) groups is 1. The van der Waals surface area contributed by atoms with Crippen molar-refractivity contribution in [2.75, 3.05) is 18.8 Å². The molecule has 94 valence electrons. The normalized spacial score (nSPS) is 13.1. The van der Waals surface area contributed by atoms with Crippen molar-refractivity contribution in [2.45, 2.75) is 19.4 Å². The summed E-state index contributed by atoms with van der Waals surface area (Å²) in [4.78, 5) is 11.3. The molecule has 0 radical (unpaired) electrons. The van der Waals surface area contributed by atoms with E-state index in [0.717, 1.165) is 0 Å². The molecule has 0 aromatic rings. The third-order valence-corrected chi connectivity index (χ3v) is 3.26. The second-order valence-electron chi connectivity index (χ2n) is 3.24. The molecule has 1 unspecified atom stereocenters. The number of nitrogens with one attached hydrogen (secondary N) is 2. The highest BCUT2D eigenvalue weighted by molar-refractivity contribution is 7.89. The van der Waals surface area contributed by atoms with Gasteiger partial charge in [-0.15, -0.1) is 6.58 Å². The van der Waals surface area contributed by atoms with Crippen LogP contribution in [0.2, 0.25) is 0 Å². The summed E-state index contributed by atoms with van der Waals surface area (Å²) in [5, 5.41) is 2.45. The molecule has 0 saturated carbocycles. The highest BCUT2D eigenvalue weighted by Gasteiger charge is 2.13. The van der Waals surface area contributed by atoms with Crippen LogP contribution >= 0.6 is 0 Å². The van der Waals surface area contributed by atoms with Crippen molar-refractivity contribution in [2.24, 2.45) is 5.73 Å². The molecule has 16 heavy (non-hydrogen) atoms. The summed E-state index contributed by atoms with van der Waals surface area (Å²) in [7, 11) is -3.29. The van der Waals surface area contributed by atoms with Gasteiger partial charge in [0.1, 0.15) is 0 Å². The van der Waals surface area contributed by atoms with E-state index in [9.17, 15) is 13.2 Å². The van der Waals surface area contributed by atoms with Crippen LogP contribution in [0.5, 0.6) is 0 Å². The van der Waals surface area contributed by atoms with Gasteiger partial charge in [0, 0.05) is 13.1 Å². The van der Waals surface area contributed by atoms with Gasteiger partial charge >= 0.3 is 0 Å². The maximum Gasteiger partial charge on any atom is 0.237 e. The van der Waals surface area contributed by atoms with Crippen LogP contribution in [0.3, 0.4) is 0 Å².